The van der Waals surface area contributed by atoms with Crippen molar-refractivity contribution >= 4 is 28.9 Å². The maximum absolute atomic E-state index is 10.9. The molecule has 17 heavy (non-hydrogen) atoms. The summed E-state index contributed by atoms with van der Waals surface area (Å²) in [7, 11) is 0. The van der Waals surface area contributed by atoms with Gasteiger partial charge in [0.25, 0.3) is 5.69 Å². The average Bonchev–Trinajstić information content (AvgIpc) is 2.33. The van der Waals surface area contributed by atoms with Crippen molar-refractivity contribution in [2.45, 2.75) is 0 Å². The molecule has 7 heteroatoms. The molecular weight excluding hydrogens is 265 g/mol. The monoisotopic (exact) mass is 269 g/mol. The molecule has 2 rings (SSSR count). The summed E-state index contributed by atoms with van der Waals surface area (Å²) in [6.07, 6.45) is 4.29. The van der Waals surface area contributed by atoms with E-state index in [0.717, 1.165) is 0 Å². The summed E-state index contributed by atoms with van der Waals surface area (Å²) in [4.78, 5) is 18.2. The summed E-state index contributed by atoms with van der Waals surface area (Å²) in [5, 5.41) is 11.2. The third-order valence-electron chi connectivity index (χ3n) is 2.09. The highest BCUT2D eigenvalue weighted by molar-refractivity contribution is 6.44. The lowest BCUT2D eigenvalue weighted by molar-refractivity contribution is -0.384. The van der Waals surface area contributed by atoms with Crippen molar-refractivity contribution < 1.29 is 4.92 Å². The molecule has 1 heterocycles. The maximum Gasteiger partial charge on any atom is 0.280 e. The lowest BCUT2D eigenvalue weighted by Crippen LogP contribution is -1.95. The van der Waals surface area contributed by atoms with Gasteiger partial charge in [-0.3, -0.25) is 20.1 Å². The zero-order chi connectivity index (χ0) is 12.4. The zero-order valence-corrected chi connectivity index (χ0v) is 9.81. The second-order valence-corrected chi connectivity index (χ2v) is 3.89. The molecule has 0 saturated heterocycles. The Morgan fingerprint density at radius 3 is 2.59 bits per heavy atom. The van der Waals surface area contributed by atoms with E-state index in [-0.39, 0.29) is 21.3 Å². The highest BCUT2D eigenvalue weighted by Gasteiger charge is 2.21. The number of nitro benzene ring substituents is 1. The molecule has 0 spiro atoms. The molecule has 0 saturated carbocycles. The van der Waals surface area contributed by atoms with E-state index in [1.165, 1.54) is 30.7 Å². The molecule has 0 aliphatic carbocycles. The Balaban J connectivity index is 2.74. The SMILES string of the molecule is O=[N+]([O-])c1ccc(Cl)c(Cl)c1-c1cnccn1. The quantitative estimate of drug-likeness (QED) is 0.619. The first-order valence-electron chi connectivity index (χ1n) is 4.50. The summed E-state index contributed by atoms with van der Waals surface area (Å²) in [6.45, 7) is 0. The molecule has 1 aromatic heterocycles. The van der Waals surface area contributed by atoms with Gasteiger partial charge in [-0.25, -0.2) is 0 Å². The molecule has 0 amide bonds. The Kier molecular flexibility index (Phi) is 3.21. The topological polar surface area (TPSA) is 68.9 Å². The molecular formula is C10H5Cl2N3O2. The van der Waals surface area contributed by atoms with Crippen LogP contribution in [0.4, 0.5) is 5.69 Å². The first-order chi connectivity index (χ1) is 8.11. The highest BCUT2D eigenvalue weighted by Crippen LogP contribution is 2.39. The Labute approximate surface area is 106 Å². The van der Waals surface area contributed by atoms with Gasteiger partial charge in [-0.15, -0.1) is 0 Å². The van der Waals surface area contributed by atoms with Gasteiger partial charge in [0.1, 0.15) is 0 Å². The summed E-state index contributed by atoms with van der Waals surface area (Å²) in [6, 6.07) is 2.67. The lowest BCUT2D eigenvalue weighted by Gasteiger charge is -2.05. The summed E-state index contributed by atoms with van der Waals surface area (Å²) >= 11 is 11.8. The van der Waals surface area contributed by atoms with Crippen LogP contribution in [-0.4, -0.2) is 14.9 Å². The third kappa shape index (κ3) is 2.20. The minimum absolute atomic E-state index is 0.0985. The van der Waals surface area contributed by atoms with E-state index < -0.39 is 4.92 Å². The van der Waals surface area contributed by atoms with Gasteiger partial charge in [-0.05, 0) is 6.07 Å². The number of hydrogen-bond donors (Lipinski definition) is 0. The van der Waals surface area contributed by atoms with Gasteiger partial charge >= 0.3 is 0 Å². The molecule has 0 radical (unpaired) electrons. The molecule has 0 aliphatic rings. The van der Waals surface area contributed by atoms with E-state index in [4.69, 9.17) is 23.2 Å². The van der Waals surface area contributed by atoms with Crippen LogP contribution >= 0.6 is 23.2 Å². The van der Waals surface area contributed by atoms with Gasteiger partial charge < -0.3 is 0 Å². The highest BCUT2D eigenvalue weighted by atomic mass is 35.5. The smallest absolute Gasteiger partial charge is 0.261 e. The minimum Gasteiger partial charge on any atom is -0.261 e. The van der Waals surface area contributed by atoms with E-state index in [9.17, 15) is 10.1 Å². The van der Waals surface area contributed by atoms with Crippen molar-refractivity contribution in [2.75, 3.05) is 0 Å². The Bertz CT molecular complexity index is 575. The Hall–Kier alpha value is -1.72. The van der Waals surface area contributed by atoms with Gasteiger partial charge in [0, 0.05) is 18.5 Å². The molecule has 0 N–H and O–H groups in total. The summed E-state index contributed by atoms with van der Waals surface area (Å²) in [5.74, 6) is 0. The van der Waals surface area contributed by atoms with E-state index in [0.29, 0.717) is 5.69 Å². The molecule has 0 bridgehead atoms. The number of hydrogen-bond acceptors (Lipinski definition) is 4. The van der Waals surface area contributed by atoms with E-state index in [1.54, 1.807) is 0 Å². The molecule has 5 nitrogen and oxygen atoms in total. The number of halogens is 2. The molecule has 0 atom stereocenters. The van der Waals surface area contributed by atoms with Crippen molar-refractivity contribution in [1.82, 2.24) is 9.97 Å². The molecule has 1 aromatic carbocycles. The van der Waals surface area contributed by atoms with Gasteiger partial charge in [-0.1, -0.05) is 23.2 Å². The van der Waals surface area contributed by atoms with Crippen molar-refractivity contribution in [1.29, 1.82) is 0 Å². The van der Waals surface area contributed by atoms with Crippen LogP contribution in [0, 0.1) is 10.1 Å². The molecule has 0 fully saturated rings. The molecule has 0 aliphatic heterocycles. The van der Waals surface area contributed by atoms with Crippen molar-refractivity contribution in [3.05, 3.63) is 50.9 Å². The largest absolute Gasteiger partial charge is 0.280 e. The van der Waals surface area contributed by atoms with Crippen molar-refractivity contribution in [3.8, 4) is 11.3 Å². The fourth-order valence-corrected chi connectivity index (χ4v) is 1.78. The van der Waals surface area contributed by atoms with Crippen molar-refractivity contribution in [3.63, 3.8) is 0 Å². The predicted octanol–water partition coefficient (Wildman–Crippen LogP) is 3.36. The minimum atomic E-state index is -0.535. The van der Waals surface area contributed by atoms with E-state index in [2.05, 4.69) is 9.97 Å². The van der Waals surface area contributed by atoms with Crippen LogP contribution in [0.1, 0.15) is 0 Å². The van der Waals surface area contributed by atoms with Crippen LogP contribution in [0.15, 0.2) is 30.7 Å². The van der Waals surface area contributed by atoms with Crippen LogP contribution in [-0.2, 0) is 0 Å². The van der Waals surface area contributed by atoms with Crippen LogP contribution < -0.4 is 0 Å². The second-order valence-electron chi connectivity index (χ2n) is 3.10. The van der Waals surface area contributed by atoms with Crippen LogP contribution in [0.3, 0.4) is 0 Å². The molecule has 86 valence electrons. The fraction of sp³-hybridized carbons (Fsp3) is 0. The number of nitro groups is 1. The van der Waals surface area contributed by atoms with Gasteiger partial charge in [0.2, 0.25) is 0 Å². The zero-order valence-electron chi connectivity index (χ0n) is 8.30. The Morgan fingerprint density at radius 1 is 1.24 bits per heavy atom. The average molecular weight is 270 g/mol. The molecule has 2 aromatic rings. The first-order valence-corrected chi connectivity index (χ1v) is 5.25. The van der Waals surface area contributed by atoms with Crippen molar-refractivity contribution in [2.24, 2.45) is 0 Å². The number of benzene rings is 1. The summed E-state index contributed by atoms with van der Waals surface area (Å²) in [5.41, 5.74) is 0.337. The second kappa shape index (κ2) is 4.65. The third-order valence-corrected chi connectivity index (χ3v) is 2.89. The van der Waals surface area contributed by atoms with Gasteiger partial charge in [-0.2, -0.15) is 0 Å². The van der Waals surface area contributed by atoms with E-state index >= 15 is 0 Å². The fourth-order valence-electron chi connectivity index (χ4n) is 1.36. The van der Waals surface area contributed by atoms with E-state index in [1.807, 2.05) is 0 Å². The van der Waals surface area contributed by atoms with Gasteiger partial charge in [0.05, 0.1) is 32.4 Å². The predicted molar refractivity (Wildman–Crippen MR) is 64.1 cm³/mol. The lowest BCUT2D eigenvalue weighted by atomic mass is 10.1. The Morgan fingerprint density at radius 2 is 2.00 bits per heavy atom. The first kappa shape index (κ1) is 11.8. The maximum atomic E-state index is 10.9. The number of aromatic nitrogens is 2. The van der Waals surface area contributed by atoms with Crippen LogP contribution in [0.25, 0.3) is 11.3 Å². The summed E-state index contributed by atoms with van der Waals surface area (Å²) < 4.78 is 0. The van der Waals surface area contributed by atoms with Gasteiger partial charge in [0.15, 0.2) is 0 Å². The number of nitrogens with zero attached hydrogens (tertiary/aromatic N) is 3. The van der Waals surface area contributed by atoms with Crippen LogP contribution in [0.5, 0.6) is 0 Å². The standard InChI is InChI=1S/C10H5Cl2N3O2/c11-6-1-2-8(15(16)17)9(10(6)12)7-5-13-3-4-14-7/h1-5H. The molecule has 0 unspecified atom stereocenters. The van der Waals surface area contributed by atoms with Crippen LogP contribution in [0.2, 0.25) is 10.0 Å². The number of rotatable bonds is 2. The normalized spacial score (nSPS) is 10.2.